The van der Waals surface area contributed by atoms with E-state index in [1.165, 1.54) is 29.3 Å². The number of aromatic nitrogens is 3. The lowest BCUT2D eigenvalue weighted by atomic mass is 10.2. The molecular weight excluding hydrogens is 893 g/mol. The number of hydrogen-bond acceptors (Lipinski definition) is 15. The molecule has 314 valence electrons. The molecule has 26 heteroatoms. The molecule has 6 aromatic rings. The topological polar surface area (TPSA) is 289 Å². The van der Waals surface area contributed by atoms with Crippen LogP contribution in [0.1, 0.15) is 6.92 Å². The lowest BCUT2D eigenvalue weighted by molar-refractivity contribution is -0.470. The van der Waals surface area contributed by atoms with Crippen molar-refractivity contribution in [3.63, 3.8) is 0 Å². The molecule has 0 amide bonds. The summed E-state index contributed by atoms with van der Waals surface area (Å²) < 4.78 is 21.9. The highest BCUT2D eigenvalue weighted by atomic mass is 36.0. The zero-order valence-electron chi connectivity index (χ0n) is 30.6. The largest absolute Gasteiger partial charge is 0.501 e. The van der Waals surface area contributed by atoms with Crippen molar-refractivity contribution in [2.45, 2.75) is 6.92 Å². The number of ether oxygens (including phenoxy) is 1. The summed E-state index contributed by atoms with van der Waals surface area (Å²) in [5.74, 6) is -2.00. The second-order valence-corrected chi connectivity index (χ2v) is 18.1. The molecule has 0 spiro atoms. The minimum absolute atomic E-state index is 0.108. The lowest BCUT2D eigenvalue weighted by Crippen LogP contribution is -2.22. The Bertz CT molecular complexity index is 2730. The van der Waals surface area contributed by atoms with E-state index in [0.717, 1.165) is 4.57 Å². The van der Waals surface area contributed by atoms with Gasteiger partial charge in [0.05, 0.1) is 38.4 Å². The van der Waals surface area contributed by atoms with Crippen molar-refractivity contribution in [1.29, 1.82) is 0 Å². The Morgan fingerprint density at radius 3 is 1.56 bits per heavy atom. The third-order valence-corrected chi connectivity index (χ3v) is 7.72. The molecule has 0 aliphatic carbocycles. The van der Waals surface area contributed by atoms with Crippen LogP contribution in [0.2, 0.25) is 5.02 Å². The average Bonchev–Trinajstić information content (AvgIpc) is 3.15. The molecule has 1 N–H and O–H groups in total. The summed E-state index contributed by atoms with van der Waals surface area (Å²) >= 11 is 19.7. The molecule has 3 heterocycles. The van der Waals surface area contributed by atoms with Gasteiger partial charge in [0.2, 0.25) is 5.75 Å². The van der Waals surface area contributed by atoms with Gasteiger partial charge in [-0.05, 0) is 71.0 Å². The number of benzene rings is 3. The fourth-order valence-corrected chi connectivity index (χ4v) is 5.09. The number of fused-ring (bicyclic) bond motifs is 3. The number of nitro groups is 3. The van der Waals surface area contributed by atoms with Gasteiger partial charge in [-0.3, -0.25) is 49.1 Å². The minimum Gasteiger partial charge on any atom is -0.501 e. The van der Waals surface area contributed by atoms with Crippen molar-refractivity contribution in [2.24, 2.45) is 21.1 Å². The first-order chi connectivity index (χ1) is 27.4. The van der Waals surface area contributed by atoms with Crippen LogP contribution >= 0.6 is 50.5 Å². The smallest absolute Gasteiger partial charge is 0.422 e. The number of aryl methyl sites for hydroxylation is 3. The van der Waals surface area contributed by atoms with Crippen molar-refractivity contribution < 1.29 is 38.4 Å². The molecule has 0 saturated heterocycles. The predicted octanol–water partition coefficient (Wildman–Crippen LogP) is 6.38. The van der Waals surface area contributed by atoms with E-state index < -0.39 is 72.1 Å². The quantitative estimate of drug-likeness (QED) is 0.0849. The first-order valence-corrected chi connectivity index (χ1v) is 20.7. The van der Waals surface area contributed by atoms with Crippen LogP contribution < -0.4 is 22.5 Å². The van der Waals surface area contributed by atoms with Crippen LogP contribution in [0.3, 0.4) is 0 Å². The summed E-state index contributed by atoms with van der Waals surface area (Å²) in [7, 11) is 4.47. The molecule has 0 atom stereocenters. The maximum atomic E-state index is 11.7. The van der Waals surface area contributed by atoms with Crippen LogP contribution in [0, 0.1) is 30.3 Å². The molecule has 0 fully saturated rings. The molecule has 0 saturated carbocycles. The van der Waals surface area contributed by atoms with Crippen LogP contribution in [0.25, 0.3) is 32.7 Å². The van der Waals surface area contributed by atoms with Gasteiger partial charge in [-0.1, -0.05) is 54.1 Å². The summed E-state index contributed by atoms with van der Waals surface area (Å²) in [5.41, 5.74) is -1.86. The number of carbonyl (C=O) groups excluding carboxylic acids is 1. The number of esters is 1. The number of nitrogens with zero attached hydrogens (tertiary/aromatic N) is 6. The van der Waals surface area contributed by atoms with Gasteiger partial charge in [-0.15, -0.1) is 0 Å². The third kappa shape index (κ3) is 13.5. The fourth-order valence-electron chi connectivity index (χ4n) is 4.78. The van der Waals surface area contributed by atoms with E-state index in [-0.39, 0.29) is 17.0 Å². The molecule has 0 unspecified atom stereocenters. The molecule has 59 heavy (non-hydrogen) atoms. The number of carbonyl (C=O) groups is 1. The molecule has 3 aromatic carbocycles. The van der Waals surface area contributed by atoms with E-state index in [9.17, 15) is 64.0 Å². The molecular formula is C33H29Cl4N6O15P. The van der Waals surface area contributed by atoms with E-state index in [2.05, 4.69) is 42.9 Å². The number of hydrogen-bond donors (Lipinski definition) is 1. The van der Waals surface area contributed by atoms with Crippen LogP contribution in [0.4, 0.5) is 11.4 Å². The number of rotatable bonds is 5. The standard InChI is InChI=1S/C10H7ClN2O3.C10H8N2O4.C9H7NO3.C4H7NO4.Cl3OP/c1-12-7-5-3-2-4-6(7)8(11)9(10(12)14)13(15)16;1-11-7-5-3-2-4-6(7)9(13)8(10(11)14)12(15)16;1-10-7-5-3-2-4-6(7)8(11)13-9(10)12;1-2-9-4(6)3-5(7)8;1-5(2,3)4/h2-5H,1H3;2-5,13H,1H3;2-5H,1H3;2-3H2,1H3;. The summed E-state index contributed by atoms with van der Waals surface area (Å²) in [6.45, 7) is 1.04. The monoisotopic (exact) mass is 920 g/mol. The molecule has 0 radical (unpaired) electrons. The van der Waals surface area contributed by atoms with Crippen LogP contribution in [-0.2, 0) is 35.2 Å². The summed E-state index contributed by atoms with van der Waals surface area (Å²) in [5, 5.41) is 38.6. The maximum Gasteiger partial charge on any atom is 0.422 e. The second-order valence-electron chi connectivity index (χ2n) is 11.1. The lowest BCUT2D eigenvalue weighted by Gasteiger charge is -2.06. The van der Waals surface area contributed by atoms with E-state index in [4.69, 9.17) is 11.6 Å². The van der Waals surface area contributed by atoms with E-state index in [1.54, 1.807) is 80.7 Å². The fraction of sp³-hybridized carbons (Fsp3) is 0.182. The molecule has 0 aliphatic heterocycles. The van der Waals surface area contributed by atoms with Gasteiger partial charge in [0.15, 0.2) is 0 Å². The molecule has 6 rings (SSSR count). The minimum atomic E-state index is -3.22. The predicted molar refractivity (Wildman–Crippen MR) is 220 cm³/mol. The van der Waals surface area contributed by atoms with Gasteiger partial charge >= 0.3 is 45.0 Å². The van der Waals surface area contributed by atoms with Crippen molar-refractivity contribution in [2.75, 3.05) is 13.2 Å². The van der Waals surface area contributed by atoms with Crippen molar-refractivity contribution >= 4 is 101 Å². The Morgan fingerprint density at radius 2 is 1.12 bits per heavy atom. The van der Waals surface area contributed by atoms with E-state index in [0.29, 0.717) is 27.3 Å². The van der Waals surface area contributed by atoms with Gasteiger partial charge in [0, 0.05) is 36.8 Å². The zero-order valence-corrected chi connectivity index (χ0v) is 34.6. The van der Waals surface area contributed by atoms with Crippen LogP contribution in [0.5, 0.6) is 5.75 Å². The number of aromatic hydroxyl groups is 1. The SMILES string of the molecule is CCOC(=O)C[N+](=O)[O-].Cn1c(=O)c([N+](=O)[O-])c(Cl)c2ccccc21.Cn1c(=O)c([N+](=O)[O-])c(O)c2ccccc21.Cn1c(=O)oc(=O)c2ccccc21.O=P(Cl)(Cl)Cl. The Kier molecular flexibility index (Phi) is 17.9. The Balaban J connectivity index is 0.000000266. The number of halogens is 4. The van der Waals surface area contributed by atoms with E-state index in [1.807, 2.05) is 0 Å². The first kappa shape index (κ1) is 49.0. The highest BCUT2D eigenvalue weighted by Crippen LogP contribution is 2.61. The van der Waals surface area contributed by atoms with Crippen molar-refractivity contribution in [1.82, 2.24) is 13.7 Å². The van der Waals surface area contributed by atoms with E-state index >= 15 is 0 Å². The van der Waals surface area contributed by atoms with Gasteiger partial charge in [0.25, 0.3) is 6.54 Å². The summed E-state index contributed by atoms with van der Waals surface area (Å²) in [6.07, 6.45) is 0. The maximum absolute atomic E-state index is 11.7. The van der Waals surface area contributed by atoms with Crippen molar-refractivity contribution in [3.05, 3.63) is 150 Å². The Morgan fingerprint density at radius 1 is 0.729 bits per heavy atom. The summed E-state index contributed by atoms with van der Waals surface area (Å²) in [4.78, 5) is 84.4. The van der Waals surface area contributed by atoms with Gasteiger partial charge < -0.3 is 23.4 Å². The second kappa shape index (κ2) is 21.6. The Hall–Kier alpha value is -6.12. The zero-order chi connectivity index (χ0) is 44.9. The molecule has 0 bridgehead atoms. The summed E-state index contributed by atoms with van der Waals surface area (Å²) in [6, 6.07) is 20.1. The third-order valence-electron chi connectivity index (χ3n) is 7.34. The van der Waals surface area contributed by atoms with Gasteiger partial charge in [-0.2, -0.15) is 0 Å². The highest BCUT2D eigenvalue weighted by molar-refractivity contribution is 8.24. The highest BCUT2D eigenvalue weighted by Gasteiger charge is 2.24. The molecule has 0 aliphatic rings. The molecule has 21 nitrogen and oxygen atoms in total. The first-order valence-electron chi connectivity index (χ1n) is 15.9. The van der Waals surface area contributed by atoms with Gasteiger partial charge in [0.1, 0.15) is 5.02 Å². The number of para-hydroxylation sites is 3. The average molecular weight is 922 g/mol. The van der Waals surface area contributed by atoms with Crippen LogP contribution in [0.15, 0.2) is 96.4 Å². The van der Waals surface area contributed by atoms with Crippen molar-refractivity contribution in [3.8, 4) is 5.75 Å². The normalized spacial score (nSPS) is 10.4. The van der Waals surface area contributed by atoms with Crippen LogP contribution in [-0.4, -0.2) is 52.7 Å². The van der Waals surface area contributed by atoms with Gasteiger partial charge in [-0.25, -0.2) is 14.4 Å². The molecule has 3 aromatic heterocycles. The number of pyridine rings is 2. The Labute approximate surface area is 348 Å².